The fraction of sp³-hybridized carbons (Fsp3) is 0.182. The molecule has 1 N–H and O–H groups in total. The molecule has 1 aliphatic heterocycles. The summed E-state index contributed by atoms with van der Waals surface area (Å²) in [4.78, 5) is 21.5. The molecule has 0 atom stereocenters. The largest absolute Gasteiger partial charge is 0.349 e. The number of nitrogens with one attached hydrogen (secondary N) is 1. The maximum atomic E-state index is 13.0. The van der Waals surface area contributed by atoms with Gasteiger partial charge in [0.1, 0.15) is 0 Å². The van der Waals surface area contributed by atoms with E-state index < -0.39 is 0 Å². The maximum absolute atomic E-state index is 13.0. The first-order chi connectivity index (χ1) is 13.6. The zero-order valence-corrected chi connectivity index (χ0v) is 16.4. The highest BCUT2D eigenvalue weighted by Gasteiger charge is 2.28. The molecule has 1 aliphatic rings. The van der Waals surface area contributed by atoms with Crippen molar-refractivity contribution in [1.82, 2.24) is 4.98 Å². The van der Waals surface area contributed by atoms with Gasteiger partial charge in [0.05, 0.1) is 5.69 Å². The Morgan fingerprint density at radius 3 is 2.71 bits per heavy atom. The number of anilines is 3. The highest BCUT2D eigenvalue weighted by molar-refractivity contribution is 6.31. The number of hydrogen-bond acceptors (Lipinski definition) is 3. The minimum absolute atomic E-state index is 0.182. The maximum Gasteiger partial charge on any atom is 0.326 e. The first-order valence-corrected chi connectivity index (χ1v) is 9.59. The van der Waals surface area contributed by atoms with Crippen molar-refractivity contribution in [2.75, 3.05) is 28.2 Å². The fourth-order valence-electron chi connectivity index (χ4n) is 3.38. The van der Waals surface area contributed by atoms with Crippen molar-refractivity contribution in [3.63, 3.8) is 0 Å². The predicted molar refractivity (Wildman–Crippen MR) is 114 cm³/mol. The van der Waals surface area contributed by atoms with Gasteiger partial charge in [-0.15, -0.1) is 0 Å². The third-order valence-corrected chi connectivity index (χ3v) is 5.33. The molecule has 0 radical (unpaired) electrons. The summed E-state index contributed by atoms with van der Waals surface area (Å²) in [6, 6.07) is 19.4. The van der Waals surface area contributed by atoms with Crippen LogP contribution < -0.4 is 15.1 Å². The van der Waals surface area contributed by atoms with E-state index >= 15 is 0 Å². The van der Waals surface area contributed by atoms with Crippen LogP contribution >= 0.6 is 11.6 Å². The van der Waals surface area contributed by atoms with Crippen molar-refractivity contribution >= 4 is 34.8 Å². The molecule has 6 heteroatoms. The van der Waals surface area contributed by atoms with Gasteiger partial charge in [-0.1, -0.05) is 48.0 Å². The molecular formula is C22H21ClN4O. The summed E-state index contributed by atoms with van der Waals surface area (Å²) in [6.07, 6.45) is 1.76. The van der Waals surface area contributed by atoms with Crippen LogP contribution in [0.2, 0.25) is 5.02 Å². The quantitative estimate of drug-likeness (QED) is 0.674. The number of carbonyl (C=O) groups excluding carboxylic acids is 1. The third kappa shape index (κ3) is 3.66. The number of hydrogen-bond donors (Lipinski definition) is 1. The van der Waals surface area contributed by atoms with Gasteiger partial charge in [-0.25, -0.2) is 9.78 Å². The van der Waals surface area contributed by atoms with Gasteiger partial charge in [0.25, 0.3) is 0 Å². The number of halogens is 1. The topological polar surface area (TPSA) is 48.5 Å². The van der Waals surface area contributed by atoms with Crippen molar-refractivity contribution in [3.05, 3.63) is 83.0 Å². The smallest absolute Gasteiger partial charge is 0.326 e. The first kappa shape index (κ1) is 18.3. The van der Waals surface area contributed by atoms with Crippen LogP contribution in [0.5, 0.6) is 0 Å². The van der Waals surface area contributed by atoms with Crippen LogP contribution in [-0.2, 0) is 6.54 Å². The highest BCUT2D eigenvalue weighted by atomic mass is 35.5. The number of rotatable bonds is 3. The van der Waals surface area contributed by atoms with E-state index in [-0.39, 0.29) is 6.03 Å². The minimum Gasteiger partial charge on any atom is -0.349 e. The molecule has 4 rings (SSSR count). The molecule has 0 aliphatic carbocycles. The summed E-state index contributed by atoms with van der Waals surface area (Å²) in [7, 11) is 0. The van der Waals surface area contributed by atoms with Gasteiger partial charge in [0, 0.05) is 36.5 Å². The lowest BCUT2D eigenvalue weighted by Gasteiger charge is -2.36. The molecule has 2 amide bonds. The second-order valence-electron chi connectivity index (χ2n) is 6.75. The van der Waals surface area contributed by atoms with Gasteiger partial charge < -0.3 is 10.2 Å². The summed E-state index contributed by atoms with van der Waals surface area (Å²) in [5, 5.41) is 3.61. The lowest BCUT2D eigenvalue weighted by atomic mass is 10.1. The number of aromatic nitrogens is 1. The van der Waals surface area contributed by atoms with Crippen LogP contribution in [-0.4, -0.2) is 24.1 Å². The average molecular weight is 393 g/mol. The molecule has 1 aromatic heterocycles. The Hall–Kier alpha value is -3.05. The van der Waals surface area contributed by atoms with E-state index in [0.717, 1.165) is 29.3 Å². The Morgan fingerprint density at radius 2 is 1.89 bits per heavy atom. The van der Waals surface area contributed by atoms with Crippen LogP contribution in [0, 0.1) is 6.92 Å². The number of fused-ring (bicyclic) bond motifs is 1. The van der Waals surface area contributed by atoms with Crippen LogP contribution in [0.1, 0.15) is 11.1 Å². The van der Waals surface area contributed by atoms with Crippen molar-refractivity contribution in [1.29, 1.82) is 0 Å². The van der Waals surface area contributed by atoms with Crippen LogP contribution in [0.4, 0.5) is 22.0 Å². The number of pyridine rings is 1. The number of nitrogens with zero attached hydrogens (tertiary/aromatic N) is 3. The normalized spacial score (nSPS) is 13.2. The van der Waals surface area contributed by atoms with Gasteiger partial charge >= 0.3 is 6.03 Å². The summed E-state index contributed by atoms with van der Waals surface area (Å²) in [6.45, 7) is 3.94. The third-order valence-electron chi connectivity index (χ3n) is 4.92. The molecule has 0 saturated heterocycles. The van der Waals surface area contributed by atoms with E-state index in [1.165, 1.54) is 5.56 Å². The van der Waals surface area contributed by atoms with E-state index in [4.69, 9.17) is 11.6 Å². The van der Waals surface area contributed by atoms with Crippen LogP contribution in [0.25, 0.3) is 0 Å². The molecule has 142 valence electrons. The fourth-order valence-corrected chi connectivity index (χ4v) is 3.56. The minimum atomic E-state index is -0.182. The molecule has 3 aromatic rings. The molecular weight excluding hydrogens is 372 g/mol. The Bertz CT molecular complexity index is 993. The van der Waals surface area contributed by atoms with Crippen LogP contribution in [0.3, 0.4) is 0 Å². The summed E-state index contributed by atoms with van der Waals surface area (Å²) in [5.74, 6) is 0.815. The second kappa shape index (κ2) is 7.90. The Labute approximate surface area is 169 Å². The molecule has 0 bridgehead atoms. The second-order valence-corrected chi connectivity index (χ2v) is 7.15. The molecule has 0 fully saturated rings. The van der Waals surface area contributed by atoms with Crippen molar-refractivity contribution in [2.24, 2.45) is 0 Å². The predicted octanol–water partition coefficient (Wildman–Crippen LogP) is 5.10. The van der Waals surface area contributed by atoms with E-state index in [1.54, 1.807) is 11.1 Å². The SMILES string of the molecule is Cc1c(Cl)cccc1NC(=O)N1CCN(Cc2ccccc2)c2ncccc21. The summed E-state index contributed by atoms with van der Waals surface area (Å²) in [5.41, 5.74) is 3.59. The van der Waals surface area contributed by atoms with Gasteiger partial charge in [0.15, 0.2) is 5.82 Å². The lowest BCUT2D eigenvalue weighted by molar-refractivity contribution is 0.256. The number of amides is 2. The zero-order valence-electron chi connectivity index (χ0n) is 15.6. The Balaban J connectivity index is 1.58. The summed E-state index contributed by atoms with van der Waals surface area (Å²) >= 11 is 6.18. The van der Waals surface area contributed by atoms with Crippen molar-refractivity contribution in [3.8, 4) is 0 Å². The molecule has 0 spiro atoms. The van der Waals surface area contributed by atoms with Crippen LogP contribution in [0.15, 0.2) is 66.9 Å². The molecule has 28 heavy (non-hydrogen) atoms. The first-order valence-electron chi connectivity index (χ1n) is 9.21. The molecule has 2 heterocycles. The average Bonchev–Trinajstić information content (AvgIpc) is 2.72. The Morgan fingerprint density at radius 1 is 1.07 bits per heavy atom. The molecule has 0 unspecified atom stereocenters. The number of benzene rings is 2. The van der Waals surface area contributed by atoms with E-state index in [1.807, 2.05) is 55.5 Å². The lowest BCUT2D eigenvalue weighted by Crippen LogP contribution is -2.46. The number of carbonyl (C=O) groups is 1. The van der Waals surface area contributed by atoms with E-state index in [9.17, 15) is 4.79 Å². The van der Waals surface area contributed by atoms with Gasteiger partial charge in [0.2, 0.25) is 0 Å². The summed E-state index contributed by atoms with van der Waals surface area (Å²) < 4.78 is 0. The van der Waals surface area contributed by atoms with Gasteiger partial charge in [-0.05, 0) is 42.3 Å². The van der Waals surface area contributed by atoms with Crippen molar-refractivity contribution in [2.45, 2.75) is 13.5 Å². The van der Waals surface area contributed by atoms with E-state index in [2.05, 4.69) is 27.3 Å². The molecule has 2 aromatic carbocycles. The van der Waals surface area contributed by atoms with Gasteiger partial charge in [-0.2, -0.15) is 0 Å². The zero-order chi connectivity index (χ0) is 19.5. The molecule has 0 saturated carbocycles. The van der Waals surface area contributed by atoms with Crippen molar-refractivity contribution < 1.29 is 4.79 Å². The standard InChI is InChI=1S/C22H21ClN4O/c1-16-18(23)9-5-10-19(16)25-22(28)27-14-13-26(15-17-7-3-2-4-8-17)21-20(27)11-6-12-24-21/h2-12H,13-15H2,1H3,(H,25,28). The van der Waals surface area contributed by atoms with E-state index in [0.29, 0.717) is 18.1 Å². The Kier molecular flexibility index (Phi) is 5.17. The molecule has 5 nitrogen and oxygen atoms in total. The monoisotopic (exact) mass is 392 g/mol. The number of urea groups is 1. The highest BCUT2D eigenvalue weighted by Crippen LogP contribution is 2.32. The van der Waals surface area contributed by atoms with Gasteiger partial charge in [-0.3, -0.25) is 4.90 Å².